The molecule has 0 radical (unpaired) electrons. The van der Waals surface area contributed by atoms with E-state index >= 15 is 0 Å². The zero-order valence-electron chi connectivity index (χ0n) is 19.1. The van der Waals surface area contributed by atoms with Gasteiger partial charge in [0.05, 0.1) is 32.5 Å². The number of hydrogen-bond acceptors (Lipinski definition) is 5. The predicted molar refractivity (Wildman–Crippen MR) is 122 cm³/mol. The van der Waals surface area contributed by atoms with Crippen molar-refractivity contribution in [2.75, 3.05) is 27.3 Å². The summed E-state index contributed by atoms with van der Waals surface area (Å²) in [7, 11) is 3.26. The topological polar surface area (TPSA) is 69.5 Å². The van der Waals surface area contributed by atoms with Gasteiger partial charge in [-0.25, -0.2) is 9.67 Å². The first kappa shape index (κ1) is 22.6. The number of ether oxygens (including phenoxy) is 2. The first-order valence-electron chi connectivity index (χ1n) is 10.9. The van der Waals surface area contributed by atoms with Gasteiger partial charge >= 0.3 is 0 Å². The summed E-state index contributed by atoms with van der Waals surface area (Å²) in [5.74, 6) is 2.01. The first-order chi connectivity index (χ1) is 15.0. The Balaban J connectivity index is 1.84. The molecular formula is C24H32N4O3. The van der Waals surface area contributed by atoms with E-state index in [-0.39, 0.29) is 5.91 Å². The highest BCUT2D eigenvalue weighted by Crippen LogP contribution is 2.26. The largest absolute Gasteiger partial charge is 0.497 e. The van der Waals surface area contributed by atoms with Crippen molar-refractivity contribution >= 4 is 16.9 Å². The molecular weight excluding hydrogens is 392 g/mol. The van der Waals surface area contributed by atoms with E-state index in [2.05, 4.69) is 23.9 Å². The van der Waals surface area contributed by atoms with Gasteiger partial charge in [-0.1, -0.05) is 26.7 Å². The van der Waals surface area contributed by atoms with E-state index in [1.54, 1.807) is 26.6 Å². The van der Waals surface area contributed by atoms with Gasteiger partial charge in [0.1, 0.15) is 11.5 Å². The smallest absolute Gasteiger partial charge is 0.255 e. The standard InChI is InChI=1S/C24H32N4O3/c1-6-17(7-2)15-27(8-3)24(29)20-11-19-14-26-28(23(19)25-13-20)16-18-9-10-21(30-4)12-22(18)31-5/h9-14,17H,6-8,15-16H2,1-5H3. The molecule has 7 heteroatoms. The summed E-state index contributed by atoms with van der Waals surface area (Å²) in [6.07, 6.45) is 5.55. The normalized spacial score (nSPS) is 11.2. The molecule has 0 unspecified atom stereocenters. The summed E-state index contributed by atoms with van der Waals surface area (Å²) < 4.78 is 12.6. The van der Waals surface area contributed by atoms with Crippen molar-refractivity contribution in [3.63, 3.8) is 0 Å². The average Bonchev–Trinajstić information content (AvgIpc) is 3.21. The van der Waals surface area contributed by atoms with Crippen LogP contribution in [-0.2, 0) is 6.54 Å². The number of nitrogens with zero attached hydrogens (tertiary/aromatic N) is 4. The third-order valence-electron chi connectivity index (χ3n) is 5.84. The van der Waals surface area contributed by atoms with Crippen molar-refractivity contribution < 1.29 is 14.3 Å². The number of carbonyl (C=O) groups is 1. The highest BCUT2D eigenvalue weighted by atomic mass is 16.5. The summed E-state index contributed by atoms with van der Waals surface area (Å²) in [5.41, 5.74) is 2.30. The van der Waals surface area contributed by atoms with Gasteiger partial charge in [-0.15, -0.1) is 0 Å². The van der Waals surface area contributed by atoms with Crippen LogP contribution in [0.15, 0.2) is 36.7 Å². The van der Waals surface area contributed by atoms with Crippen molar-refractivity contribution in [2.24, 2.45) is 5.92 Å². The second kappa shape index (κ2) is 10.3. The van der Waals surface area contributed by atoms with Crippen LogP contribution in [-0.4, -0.2) is 52.9 Å². The maximum atomic E-state index is 13.1. The average molecular weight is 425 g/mol. The van der Waals surface area contributed by atoms with Crippen LogP contribution < -0.4 is 9.47 Å². The van der Waals surface area contributed by atoms with Crippen LogP contribution in [0.1, 0.15) is 49.5 Å². The van der Waals surface area contributed by atoms with Crippen molar-refractivity contribution in [3.8, 4) is 11.5 Å². The third-order valence-corrected chi connectivity index (χ3v) is 5.84. The predicted octanol–water partition coefficient (Wildman–Crippen LogP) is 4.40. The minimum Gasteiger partial charge on any atom is -0.497 e. The van der Waals surface area contributed by atoms with Crippen molar-refractivity contribution in [1.29, 1.82) is 0 Å². The summed E-state index contributed by atoms with van der Waals surface area (Å²) in [6.45, 7) is 8.33. The Hall–Kier alpha value is -3.09. The Labute approximate surface area is 184 Å². The van der Waals surface area contributed by atoms with Gasteiger partial charge in [0.15, 0.2) is 5.65 Å². The highest BCUT2D eigenvalue weighted by Gasteiger charge is 2.19. The molecule has 7 nitrogen and oxygen atoms in total. The summed E-state index contributed by atoms with van der Waals surface area (Å²) in [5, 5.41) is 5.34. The quantitative estimate of drug-likeness (QED) is 0.483. The molecule has 1 amide bonds. The number of amides is 1. The molecule has 3 aromatic rings. The Morgan fingerprint density at radius 3 is 2.52 bits per heavy atom. The lowest BCUT2D eigenvalue weighted by molar-refractivity contribution is 0.0734. The third kappa shape index (κ3) is 4.98. The van der Waals surface area contributed by atoms with E-state index in [1.165, 1.54) is 0 Å². The van der Waals surface area contributed by atoms with E-state index in [1.807, 2.05) is 40.8 Å². The van der Waals surface area contributed by atoms with Crippen LogP contribution in [0.3, 0.4) is 0 Å². The number of fused-ring (bicyclic) bond motifs is 1. The highest BCUT2D eigenvalue weighted by molar-refractivity contribution is 5.96. The lowest BCUT2D eigenvalue weighted by Gasteiger charge is -2.25. The number of rotatable bonds is 10. The lowest BCUT2D eigenvalue weighted by Crippen LogP contribution is -2.35. The van der Waals surface area contributed by atoms with Crippen molar-refractivity contribution in [1.82, 2.24) is 19.7 Å². The van der Waals surface area contributed by atoms with Crippen molar-refractivity contribution in [3.05, 3.63) is 47.8 Å². The van der Waals surface area contributed by atoms with Gasteiger partial charge < -0.3 is 14.4 Å². The molecule has 3 rings (SSSR count). The maximum Gasteiger partial charge on any atom is 0.255 e. The molecule has 2 heterocycles. The van der Waals surface area contributed by atoms with E-state index in [0.29, 0.717) is 24.6 Å². The second-order valence-corrected chi connectivity index (χ2v) is 7.64. The molecule has 2 aromatic heterocycles. The number of hydrogen-bond donors (Lipinski definition) is 0. The van der Waals surface area contributed by atoms with Gasteiger partial charge in [-0.05, 0) is 31.0 Å². The second-order valence-electron chi connectivity index (χ2n) is 7.64. The Bertz CT molecular complexity index is 1030. The lowest BCUT2D eigenvalue weighted by atomic mass is 10.0. The van der Waals surface area contributed by atoms with Crippen LogP contribution in [0.2, 0.25) is 0 Å². The van der Waals surface area contributed by atoms with Crippen LogP contribution in [0.25, 0.3) is 11.0 Å². The number of benzene rings is 1. The Kier molecular flexibility index (Phi) is 7.50. The van der Waals surface area contributed by atoms with Gasteiger partial charge in [0.2, 0.25) is 0 Å². The molecule has 0 saturated heterocycles. The minimum absolute atomic E-state index is 0.0216. The van der Waals surface area contributed by atoms with Crippen LogP contribution in [0.4, 0.5) is 0 Å². The van der Waals surface area contributed by atoms with E-state index in [9.17, 15) is 4.79 Å². The number of carbonyl (C=O) groups excluding carboxylic acids is 1. The van der Waals surface area contributed by atoms with Gasteiger partial charge in [-0.3, -0.25) is 4.79 Å². The molecule has 0 spiro atoms. The molecule has 0 saturated carbocycles. The number of pyridine rings is 1. The summed E-state index contributed by atoms with van der Waals surface area (Å²) in [6, 6.07) is 7.59. The summed E-state index contributed by atoms with van der Waals surface area (Å²) in [4.78, 5) is 19.5. The van der Waals surface area contributed by atoms with Crippen LogP contribution >= 0.6 is 0 Å². The van der Waals surface area contributed by atoms with Gasteiger partial charge in [0.25, 0.3) is 5.91 Å². The minimum atomic E-state index is 0.0216. The maximum absolute atomic E-state index is 13.1. The van der Waals surface area contributed by atoms with Gasteiger partial charge in [0, 0.05) is 36.3 Å². The molecule has 31 heavy (non-hydrogen) atoms. The fraction of sp³-hybridized carbons (Fsp3) is 0.458. The molecule has 166 valence electrons. The Morgan fingerprint density at radius 1 is 1.10 bits per heavy atom. The van der Waals surface area contributed by atoms with Crippen LogP contribution in [0.5, 0.6) is 11.5 Å². The molecule has 0 bridgehead atoms. The monoisotopic (exact) mass is 424 g/mol. The molecule has 0 aliphatic rings. The molecule has 0 aliphatic heterocycles. The fourth-order valence-electron chi connectivity index (χ4n) is 3.75. The van der Waals surface area contributed by atoms with E-state index in [0.717, 1.165) is 47.5 Å². The first-order valence-corrected chi connectivity index (χ1v) is 10.9. The molecule has 0 aliphatic carbocycles. The fourth-order valence-corrected chi connectivity index (χ4v) is 3.75. The molecule has 1 aromatic carbocycles. The number of aromatic nitrogens is 3. The number of methoxy groups -OCH3 is 2. The molecule has 0 atom stereocenters. The van der Waals surface area contributed by atoms with E-state index < -0.39 is 0 Å². The SMILES string of the molecule is CCC(CC)CN(CC)C(=O)c1cnc2c(cnn2Cc2ccc(OC)cc2OC)c1. The molecule has 0 fully saturated rings. The zero-order chi connectivity index (χ0) is 22.4. The summed E-state index contributed by atoms with van der Waals surface area (Å²) >= 11 is 0. The van der Waals surface area contributed by atoms with Gasteiger partial charge in [-0.2, -0.15) is 5.10 Å². The molecule has 0 N–H and O–H groups in total. The Morgan fingerprint density at radius 2 is 1.87 bits per heavy atom. The van der Waals surface area contributed by atoms with E-state index in [4.69, 9.17) is 9.47 Å². The zero-order valence-corrected chi connectivity index (χ0v) is 19.1. The van der Waals surface area contributed by atoms with Crippen LogP contribution in [0, 0.1) is 5.92 Å². The van der Waals surface area contributed by atoms with Crippen molar-refractivity contribution in [2.45, 2.75) is 40.2 Å².